The molecule has 130 valence electrons. The van der Waals surface area contributed by atoms with Crippen LogP contribution in [0, 0.1) is 0 Å². The molecule has 1 saturated heterocycles. The first-order chi connectivity index (χ1) is 11.4. The van der Waals surface area contributed by atoms with Gasteiger partial charge in [-0.3, -0.25) is 24.5 Å². The number of imide groups is 1. The normalized spacial score (nSPS) is 17.3. The van der Waals surface area contributed by atoms with Gasteiger partial charge in [-0.05, 0) is 18.9 Å². The van der Waals surface area contributed by atoms with Gasteiger partial charge < -0.3 is 10.6 Å². The Hall–Kier alpha value is -1.93. The van der Waals surface area contributed by atoms with Gasteiger partial charge in [-0.1, -0.05) is 24.9 Å². The molecule has 7 nitrogen and oxygen atoms in total. The summed E-state index contributed by atoms with van der Waals surface area (Å²) in [4.78, 5) is 47.1. The lowest BCUT2D eigenvalue weighted by molar-refractivity contribution is -0.134. The molecule has 0 spiro atoms. The fourth-order valence-electron chi connectivity index (χ4n) is 2.22. The van der Waals surface area contributed by atoms with Crippen LogP contribution in [0.1, 0.15) is 49.4 Å². The van der Waals surface area contributed by atoms with Gasteiger partial charge in [0.05, 0.1) is 9.90 Å². The summed E-state index contributed by atoms with van der Waals surface area (Å²) in [6.45, 7) is 1.98. The molecule has 1 aliphatic rings. The van der Waals surface area contributed by atoms with Crippen LogP contribution in [0.4, 0.5) is 5.00 Å². The molecule has 1 aliphatic heterocycles. The summed E-state index contributed by atoms with van der Waals surface area (Å²) in [5.74, 6) is -1.59. The van der Waals surface area contributed by atoms with Crippen LogP contribution >= 0.6 is 22.9 Å². The average molecular weight is 372 g/mol. The number of halogens is 1. The molecule has 4 amide bonds. The molecule has 1 fully saturated rings. The molecular weight excluding hydrogens is 354 g/mol. The number of amides is 4. The number of piperidine rings is 1. The summed E-state index contributed by atoms with van der Waals surface area (Å²) in [7, 11) is 0. The maximum absolute atomic E-state index is 12.4. The SMILES string of the molecule is CCCCC(=O)Nc1sc(Cl)cc1C(=O)NC1CCC(=O)NC1=O. The summed E-state index contributed by atoms with van der Waals surface area (Å²) >= 11 is 7.04. The van der Waals surface area contributed by atoms with E-state index in [2.05, 4.69) is 16.0 Å². The van der Waals surface area contributed by atoms with Gasteiger partial charge in [-0.25, -0.2) is 0 Å². The fourth-order valence-corrected chi connectivity index (χ4v) is 3.35. The summed E-state index contributed by atoms with van der Waals surface area (Å²) in [5.41, 5.74) is 0.208. The van der Waals surface area contributed by atoms with Crippen molar-refractivity contribution in [3.63, 3.8) is 0 Å². The third kappa shape index (κ3) is 4.78. The molecule has 0 saturated carbocycles. The molecule has 0 aliphatic carbocycles. The Labute approximate surface area is 148 Å². The highest BCUT2D eigenvalue weighted by molar-refractivity contribution is 7.20. The van der Waals surface area contributed by atoms with Gasteiger partial charge in [0.25, 0.3) is 5.91 Å². The number of hydrogen-bond acceptors (Lipinski definition) is 5. The molecule has 2 rings (SSSR count). The lowest BCUT2D eigenvalue weighted by Crippen LogP contribution is -2.52. The smallest absolute Gasteiger partial charge is 0.254 e. The van der Waals surface area contributed by atoms with Crippen molar-refractivity contribution in [1.29, 1.82) is 0 Å². The van der Waals surface area contributed by atoms with Crippen LogP contribution < -0.4 is 16.0 Å². The number of hydrogen-bond donors (Lipinski definition) is 3. The number of anilines is 1. The van der Waals surface area contributed by atoms with Gasteiger partial charge in [0, 0.05) is 12.8 Å². The first kappa shape index (κ1) is 18.4. The number of thiophene rings is 1. The first-order valence-electron chi connectivity index (χ1n) is 7.64. The maximum Gasteiger partial charge on any atom is 0.254 e. The topological polar surface area (TPSA) is 104 Å². The Kier molecular flexibility index (Phi) is 6.33. The predicted molar refractivity (Wildman–Crippen MR) is 91.1 cm³/mol. The van der Waals surface area contributed by atoms with Crippen LogP contribution in [0.3, 0.4) is 0 Å². The molecule has 0 radical (unpaired) electrons. The van der Waals surface area contributed by atoms with Crippen molar-refractivity contribution in [2.75, 3.05) is 5.32 Å². The first-order valence-corrected chi connectivity index (χ1v) is 8.84. The molecule has 0 aromatic carbocycles. The summed E-state index contributed by atoms with van der Waals surface area (Å²) < 4.78 is 0.356. The van der Waals surface area contributed by atoms with E-state index in [1.165, 1.54) is 6.07 Å². The minimum Gasteiger partial charge on any atom is -0.340 e. The Morgan fingerprint density at radius 2 is 2.17 bits per heavy atom. The highest BCUT2D eigenvalue weighted by atomic mass is 35.5. The van der Waals surface area contributed by atoms with Gasteiger partial charge in [0.2, 0.25) is 17.7 Å². The van der Waals surface area contributed by atoms with Crippen molar-refractivity contribution in [3.05, 3.63) is 16.0 Å². The zero-order chi connectivity index (χ0) is 17.7. The minimum atomic E-state index is -0.780. The second-order valence-electron chi connectivity index (χ2n) is 5.42. The van der Waals surface area contributed by atoms with Gasteiger partial charge in [0.15, 0.2) is 0 Å². The Morgan fingerprint density at radius 3 is 2.83 bits per heavy atom. The zero-order valence-electron chi connectivity index (χ0n) is 13.1. The van der Waals surface area contributed by atoms with E-state index in [-0.39, 0.29) is 30.2 Å². The van der Waals surface area contributed by atoms with Gasteiger partial charge in [-0.2, -0.15) is 0 Å². The molecule has 24 heavy (non-hydrogen) atoms. The van der Waals surface area contributed by atoms with Gasteiger partial charge in [0.1, 0.15) is 11.0 Å². The van der Waals surface area contributed by atoms with Crippen molar-refractivity contribution in [1.82, 2.24) is 10.6 Å². The minimum absolute atomic E-state index is 0.168. The van der Waals surface area contributed by atoms with Crippen molar-refractivity contribution in [3.8, 4) is 0 Å². The largest absolute Gasteiger partial charge is 0.340 e. The molecule has 1 atom stereocenters. The maximum atomic E-state index is 12.4. The van der Waals surface area contributed by atoms with Crippen LogP contribution in [0.5, 0.6) is 0 Å². The van der Waals surface area contributed by atoms with Crippen molar-refractivity contribution in [2.45, 2.75) is 45.1 Å². The Balaban J connectivity index is 2.05. The molecule has 2 heterocycles. The number of carbonyl (C=O) groups is 4. The average Bonchev–Trinajstić information content (AvgIpc) is 2.88. The molecule has 3 N–H and O–H groups in total. The highest BCUT2D eigenvalue weighted by Crippen LogP contribution is 2.32. The van der Waals surface area contributed by atoms with Crippen LogP contribution in [0.25, 0.3) is 0 Å². The van der Waals surface area contributed by atoms with Crippen LogP contribution in [-0.4, -0.2) is 29.7 Å². The third-order valence-electron chi connectivity index (χ3n) is 3.50. The van der Waals surface area contributed by atoms with Crippen LogP contribution in [-0.2, 0) is 14.4 Å². The fraction of sp³-hybridized carbons (Fsp3) is 0.467. The van der Waals surface area contributed by atoms with Crippen molar-refractivity contribution >= 4 is 51.6 Å². The van der Waals surface area contributed by atoms with Crippen molar-refractivity contribution < 1.29 is 19.2 Å². The lowest BCUT2D eigenvalue weighted by Gasteiger charge is -2.21. The number of carbonyl (C=O) groups excluding carboxylic acids is 4. The summed E-state index contributed by atoms with van der Waals surface area (Å²) in [6.07, 6.45) is 2.42. The molecule has 1 unspecified atom stereocenters. The van der Waals surface area contributed by atoms with E-state index in [9.17, 15) is 19.2 Å². The van der Waals surface area contributed by atoms with E-state index in [4.69, 9.17) is 11.6 Å². The highest BCUT2D eigenvalue weighted by Gasteiger charge is 2.29. The molecule has 0 bridgehead atoms. The van der Waals surface area contributed by atoms with E-state index in [0.29, 0.717) is 15.8 Å². The van der Waals surface area contributed by atoms with Gasteiger partial charge >= 0.3 is 0 Å². The van der Waals surface area contributed by atoms with Crippen molar-refractivity contribution in [2.24, 2.45) is 0 Å². The Bertz CT molecular complexity index is 674. The summed E-state index contributed by atoms with van der Waals surface area (Å²) in [6, 6.07) is 0.667. The van der Waals surface area contributed by atoms with E-state index >= 15 is 0 Å². The van der Waals surface area contributed by atoms with Crippen LogP contribution in [0.2, 0.25) is 4.34 Å². The number of unbranched alkanes of at least 4 members (excludes halogenated alkanes) is 1. The number of rotatable bonds is 6. The predicted octanol–water partition coefficient (Wildman–Crippen LogP) is 2.07. The zero-order valence-corrected chi connectivity index (χ0v) is 14.7. The van der Waals surface area contributed by atoms with E-state index in [1.807, 2.05) is 6.92 Å². The monoisotopic (exact) mass is 371 g/mol. The third-order valence-corrected chi connectivity index (χ3v) is 4.68. The molecular formula is C15H18ClN3O4S. The standard InChI is InChI=1S/C15H18ClN3O4S/c1-2-3-4-11(20)19-15-8(7-10(16)24-15)13(22)17-9-5-6-12(21)18-14(9)23/h7,9H,2-6H2,1H3,(H,17,22)(H,19,20)(H,18,21,23). The quantitative estimate of drug-likeness (QED) is 0.666. The lowest BCUT2D eigenvalue weighted by atomic mass is 10.1. The molecule has 1 aromatic heterocycles. The Morgan fingerprint density at radius 1 is 1.42 bits per heavy atom. The number of nitrogens with one attached hydrogen (secondary N) is 3. The van der Waals surface area contributed by atoms with E-state index in [1.54, 1.807) is 0 Å². The van der Waals surface area contributed by atoms with Crippen LogP contribution in [0.15, 0.2) is 6.07 Å². The molecule has 1 aromatic rings. The second-order valence-corrected chi connectivity index (χ2v) is 7.11. The van der Waals surface area contributed by atoms with E-state index < -0.39 is 17.9 Å². The second kappa shape index (κ2) is 8.25. The van der Waals surface area contributed by atoms with Gasteiger partial charge in [-0.15, -0.1) is 11.3 Å². The summed E-state index contributed by atoms with van der Waals surface area (Å²) in [5, 5.41) is 7.78. The molecule has 9 heteroatoms. The van der Waals surface area contributed by atoms with E-state index in [0.717, 1.165) is 24.2 Å².